The molecule has 0 bridgehead atoms. The fraction of sp³-hybridized carbons (Fsp3) is 0.238. The van der Waals surface area contributed by atoms with Crippen molar-refractivity contribution in [3.63, 3.8) is 0 Å². The smallest absolute Gasteiger partial charge is 0.296 e. The summed E-state index contributed by atoms with van der Waals surface area (Å²) in [6, 6.07) is 7.27. The van der Waals surface area contributed by atoms with E-state index in [-0.39, 0.29) is 11.5 Å². The van der Waals surface area contributed by atoms with Gasteiger partial charge >= 0.3 is 0 Å². The molecule has 0 fully saturated rings. The number of carbonyl (C=O) groups excluding carboxylic acids is 1. The average Bonchev–Trinajstić information content (AvgIpc) is 3.45. The normalized spacial score (nSPS) is 13.0. The van der Waals surface area contributed by atoms with Gasteiger partial charge in [-0.15, -0.1) is 10.2 Å². The molecule has 3 heterocycles. The Bertz CT molecular complexity index is 1360. The lowest BCUT2D eigenvalue weighted by molar-refractivity contribution is 0.101. The van der Waals surface area contributed by atoms with Gasteiger partial charge in [-0.1, -0.05) is 41.9 Å². The minimum Gasteiger partial charge on any atom is -0.501 e. The van der Waals surface area contributed by atoms with Crippen LogP contribution in [0.1, 0.15) is 46.5 Å². The second-order valence-electron chi connectivity index (χ2n) is 7.49. The lowest BCUT2D eigenvalue weighted by Crippen LogP contribution is -2.30. The number of hydrogen-bond donors (Lipinski definition) is 2. The van der Waals surface area contributed by atoms with E-state index in [0.29, 0.717) is 10.8 Å². The van der Waals surface area contributed by atoms with Crippen LogP contribution in [0, 0.1) is 0 Å². The van der Waals surface area contributed by atoms with Gasteiger partial charge in [0.05, 0.1) is 12.1 Å². The summed E-state index contributed by atoms with van der Waals surface area (Å²) in [5.74, 6) is -1.66. The average molecular weight is 470 g/mol. The summed E-state index contributed by atoms with van der Waals surface area (Å²) in [5.41, 5.74) is -0.180. The maximum absolute atomic E-state index is 12.8. The zero-order chi connectivity index (χ0) is 23.7. The molecule has 1 amide bonds. The molecule has 0 aliphatic heterocycles. The number of aromatic nitrogens is 6. The lowest BCUT2D eigenvalue weighted by atomic mass is 9.85. The molecule has 2 atom stereocenters. The molecule has 0 spiro atoms. The van der Waals surface area contributed by atoms with E-state index in [1.54, 1.807) is 24.0 Å². The molecule has 0 radical (unpaired) electrons. The van der Waals surface area contributed by atoms with Crippen LogP contribution in [-0.2, 0) is 14.1 Å². The van der Waals surface area contributed by atoms with Crippen molar-refractivity contribution in [1.29, 1.82) is 0 Å². The molecule has 3 aromatic heterocycles. The van der Waals surface area contributed by atoms with Gasteiger partial charge in [-0.2, -0.15) is 0 Å². The van der Waals surface area contributed by atoms with Gasteiger partial charge < -0.3 is 19.5 Å². The van der Waals surface area contributed by atoms with Gasteiger partial charge in [-0.3, -0.25) is 14.2 Å². The number of hydrogen-bond acceptors (Lipinski definition) is 8. The monoisotopic (exact) mass is 469 g/mol. The summed E-state index contributed by atoms with van der Waals surface area (Å²) in [7, 11) is 3.27. The third-order valence-electron chi connectivity index (χ3n) is 5.38. The number of amides is 1. The Kier molecular flexibility index (Phi) is 5.97. The molecule has 0 unspecified atom stereocenters. The van der Waals surface area contributed by atoms with Crippen molar-refractivity contribution in [2.75, 3.05) is 5.32 Å². The molecule has 0 saturated carbocycles. The molecule has 4 rings (SSSR count). The highest BCUT2D eigenvalue weighted by molar-refractivity contribution is 6.31. The van der Waals surface area contributed by atoms with Crippen LogP contribution in [0.25, 0.3) is 0 Å². The number of nitrogens with one attached hydrogen (secondary N) is 1. The van der Waals surface area contributed by atoms with Crippen molar-refractivity contribution < 1.29 is 14.4 Å². The minimum absolute atomic E-state index is 0.251. The zero-order valence-corrected chi connectivity index (χ0v) is 18.7. The van der Waals surface area contributed by atoms with Crippen molar-refractivity contribution in [3.05, 3.63) is 81.3 Å². The van der Waals surface area contributed by atoms with Crippen LogP contribution in [0.4, 0.5) is 5.69 Å². The Labute approximate surface area is 192 Å². The Morgan fingerprint density at radius 3 is 2.64 bits per heavy atom. The molecule has 1 aromatic carbocycles. The van der Waals surface area contributed by atoms with E-state index in [9.17, 15) is 14.7 Å². The number of halogens is 1. The Morgan fingerprint density at radius 1 is 1.24 bits per heavy atom. The second-order valence-corrected chi connectivity index (χ2v) is 7.89. The first-order chi connectivity index (χ1) is 15.8. The molecule has 0 aliphatic rings. The van der Waals surface area contributed by atoms with Crippen molar-refractivity contribution in [2.45, 2.75) is 18.8 Å². The number of rotatable bonds is 6. The molecule has 170 valence electrons. The van der Waals surface area contributed by atoms with E-state index in [2.05, 4.69) is 30.2 Å². The molecule has 4 aromatic rings. The summed E-state index contributed by atoms with van der Waals surface area (Å²) < 4.78 is 7.65. The highest BCUT2D eigenvalue weighted by Gasteiger charge is 2.32. The van der Waals surface area contributed by atoms with Crippen LogP contribution < -0.4 is 10.9 Å². The maximum Gasteiger partial charge on any atom is 0.296 e. The van der Waals surface area contributed by atoms with E-state index in [1.807, 2.05) is 25.1 Å². The summed E-state index contributed by atoms with van der Waals surface area (Å²) in [4.78, 5) is 29.9. The van der Waals surface area contributed by atoms with Gasteiger partial charge in [-0.25, -0.2) is 4.98 Å². The Morgan fingerprint density at radius 2 is 2.00 bits per heavy atom. The van der Waals surface area contributed by atoms with E-state index in [0.717, 1.165) is 5.56 Å². The topological polar surface area (TPSA) is 141 Å². The predicted octanol–water partition coefficient (Wildman–Crippen LogP) is 2.44. The quantitative estimate of drug-likeness (QED) is 0.438. The van der Waals surface area contributed by atoms with Crippen molar-refractivity contribution in [3.8, 4) is 5.75 Å². The first kappa shape index (κ1) is 22.2. The Hall–Kier alpha value is -3.99. The van der Waals surface area contributed by atoms with Crippen LogP contribution in [0.3, 0.4) is 0 Å². The highest BCUT2D eigenvalue weighted by atomic mass is 35.5. The fourth-order valence-electron chi connectivity index (χ4n) is 3.71. The maximum atomic E-state index is 12.8. The molecule has 0 saturated heterocycles. The van der Waals surface area contributed by atoms with E-state index in [1.165, 1.54) is 24.1 Å². The van der Waals surface area contributed by atoms with Crippen molar-refractivity contribution >= 4 is 23.2 Å². The number of aromatic hydroxyl groups is 1. The van der Waals surface area contributed by atoms with Crippen LogP contribution in [0.5, 0.6) is 5.75 Å². The van der Waals surface area contributed by atoms with Gasteiger partial charge in [0.1, 0.15) is 29.9 Å². The number of anilines is 1. The predicted molar refractivity (Wildman–Crippen MR) is 118 cm³/mol. The first-order valence-electron chi connectivity index (χ1n) is 9.88. The number of nitrogens with zero attached hydrogens (tertiary/aromatic N) is 6. The van der Waals surface area contributed by atoms with Crippen molar-refractivity contribution in [2.24, 2.45) is 14.1 Å². The molecular weight excluding hydrogens is 450 g/mol. The highest BCUT2D eigenvalue weighted by Crippen LogP contribution is 2.39. The SMILES string of the molecule is C[C@H](c1nc(C(=O)Nc2cnoc2)c(O)c(=O)n1C)[C@H](c1ccccc1Cl)c1nncn1C. The van der Waals surface area contributed by atoms with Gasteiger partial charge in [0.25, 0.3) is 11.5 Å². The van der Waals surface area contributed by atoms with Gasteiger partial charge in [0.15, 0.2) is 5.69 Å². The van der Waals surface area contributed by atoms with Crippen LogP contribution in [0.2, 0.25) is 5.02 Å². The molecule has 33 heavy (non-hydrogen) atoms. The largest absolute Gasteiger partial charge is 0.501 e. The van der Waals surface area contributed by atoms with Crippen LogP contribution in [0.15, 0.2) is 52.4 Å². The van der Waals surface area contributed by atoms with Crippen molar-refractivity contribution in [1.82, 2.24) is 29.5 Å². The second kappa shape index (κ2) is 8.87. The van der Waals surface area contributed by atoms with E-state index in [4.69, 9.17) is 11.6 Å². The fourth-order valence-corrected chi connectivity index (χ4v) is 3.96. The van der Waals surface area contributed by atoms with Gasteiger partial charge in [-0.05, 0) is 11.6 Å². The Balaban J connectivity index is 1.84. The van der Waals surface area contributed by atoms with Crippen LogP contribution in [-0.4, -0.2) is 40.5 Å². The van der Waals surface area contributed by atoms with E-state index < -0.39 is 34.7 Å². The third kappa shape index (κ3) is 4.10. The standard InChI is InChI=1S/C21H20ClN7O4/c1-11(15(19-27-23-10-28(19)2)13-6-4-5-7-14(13)22)18-26-16(17(30)21(32)29(18)3)20(31)25-12-8-24-33-9-12/h4-11,15,30H,1-3H3,(H,25,31)/t11-,15+/m0/s1. The summed E-state index contributed by atoms with van der Waals surface area (Å²) in [5, 5.41) is 25.1. The summed E-state index contributed by atoms with van der Waals surface area (Å²) in [6.07, 6.45) is 4.05. The van der Waals surface area contributed by atoms with E-state index >= 15 is 0 Å². The molecule has 11 nitrogen and oxygen atoms in total. The van der Waals surface area contributed by atoms with Gasteiger partial charge in [0, 0.05) is 25.0 Å². The zero-order valence-electron chi connectivity index (χ0n) is 17.9. The summed E-state index contributed by atoms with van der Waals surface area (Å²) in [6.45, 7) is 1.84. The number of aryl methyl sites for hydroxylation is 1. The molecule has 0 aliphatic carbocycles. The first-order valence-corrected chi connectivity index (χ1v) is 10.3. The number of carbonyl (C=O) groups is 1. The number of benzene rings is 1. The molecular formula is C21H20ClN7O4. The minimum atomic E-state index is -0.783. The molecule has 2 N–H and O–H groups in total. The third-order valence-corrected chi connectivity index (χ3v) is 5.72. The lowest BCUT2D eigenvalue weighted by Gasteiger charge is -2.26. The molecule has 12 heteroatoms. The van der Waals surface area contributed by atoms with Gasteiger partial charge in [0.2, 0.25) is 5.75 Å². The van der Waals surface area contributed by atoms with Crippen LogP contribution >= 0.6 is 11.6 Å². The summed E-state index contributed by atoms with van der Waals surface area (Å²) >= 11 is 6.51.